The second kappa shape index (κ2) is 3.11. The molecule has 1 rings (SSSR count). The summed E-state index contributed by atoms with van der Waals surface area (Å²) in [6, 6.07) is 1.80. The van der Waals surface area contributed by atoms with Crippen molar-refractivity contribution >= 4 is 11.3 Å². The van der Waals surface area contributed by atoms with Crippen LogP contribution < -0.4 is 5.73 Å². The van der Waals surface area contributed by atoms with E-state index in [0.717, 1.165) is 5.56 Å². The molecule has 0 aliphatic rings. The summed E-state index contributed by atoms with van der Waals surface area (Å²) < 4.78 is 24.9. The third-order valence-corrected chi connectivity index (χ3v) is 3.07. The van der Waals surface area contributed by atoms with Gasteiger partial charge in [0.15, 0.2) is 0 Å². The lowest BCUT2D eigenvalue weighted by atomic mass is 10.00. The molecule has 0 aliphatic heterocycles. The van der Waals surface area contributed by atoms with Crippen molar-refractivity contribution in [3.63, 3.8) is 0 Å². The van der Waals surface area contributed by atoms with E-state index in [9.17, 15) is 8.78 Å². The minimum atomic E-state index is -2.52. The molecule has 0 aliphatic carbocycles. The van der Waals surface area contributed by atoms with Gasteiger partial charge in [0.25, 0.3) is 6.43 Å². The SMILES string of the molecule is Cc1ccsc1C(C)(N)C(F)F. The summed E-state index contributed by atoms with van der Waals surface area (Å²) in [4.78, 5) is 0.567. The van der Waals surface area contributed by atoms with E-state index in [2.05, 4.69) is 0 Å². The van der Waals surface area contributed by atoms with Crippen molar-refractivity contribution < 1.29 is 8.78 Å². The molecular formula is C8H11F2NS. The zero-order chi connectivity index (χ0) is 9.35. The lowest BCUT2D eigenvalue weighted by molar-refractivity contribution is 0.0641. The van der Waals surface area contributed by atoms with Crippen LogP contribution in [0.5, 0.6) is 0 Å². The van der Waals surface area contributed by atoms with Gasteiger partial charge in [-0.3, -0.25) is 0 Å². The number of nitrogens with two attached hydrogens (primary N) is 1. The monoisotopic (exact) mass is 191 g/mol. The molecule has 1 aromatic heterocycles. The highest BCUT2D eigenvalue weighted by Gasteiger charge is 2.34. The maximum absolute atomic E-state index is 12.4. The molecule has 0 spiro atoms. The summed E-state index contributed by atoms with van der Waals surface area (Å²) in [5, 5.41) is 1.78. The Kier molecular flexibility index (Phi) is 2.49. The van der Waals surface area contributed by atoms with E-state index >= 15 is 0 Å². The van der Waals surface area contributed by atoms with Crippen LogP contribution in [0.25, 0.3) is 0 Å². The fraction of sp³-hybridized carbons (Fsp3) is 0.500. The molecule has 0 amide bonds. The Bertz CT molecular complexity index is 268. The van der Waals surface area contributed by atoms with Crippen LogP contribution in [0.4, 0.5) is 8.78 Å². The van der Waals surface area contributed by atoms with Gasteiger partial charge in [-0.25, -0.2) is 8.78 Å². The van der Waals surface area contributed by atoms with Crippen molar-refractivity contribution in [2.24, 2.45) is 5.73 Å². The molecule has 68 valence electrons. The molecule has 0 aromatic carbocycles. The quantitative estimate of drug-likeness (QED) is 0.763. The predicted molar refractivity (Wildman–Crippen MR) is 46.6 cm³/mol. The Morgan fingerprint density at radius 2 is 2.17 bits per heavy atom. The number of hydrogen-bond acceptors (Lipinski definition) is 2. The third kappa shape index (κ3) is 1.49. The van der Waals surface area contributed by atoms with Crippen LogP contribution >= 0.6 is 11.3 Å². The summed E-state index contributed by atoms with van der Waals surface area (Å²) >= 11 is 1.28. The fourth-order valence-electron chi connectivity index (χ4n) is 1.02. The summed E-state index contributed by atoms with van der Waals surface area (Å²) in [7, 11) is 0. The van der Waals surface area contributed by atoms with Crippen LogP contribution in [-0.2, 0) is 5.54 Å². The van der Waals surface area contributed by atoms with Gasteiger partial charge in [-0.2, -0.15) is 0 Å². The molecule has 12 heavy (non-hydrogen) atoms. The molecule has 1 nitrogen and oxygen atoms in total. The van der Waals surface area contributed by atoms with Crippen molar-refractivity contribution in [3.8, 4) is 0 Å². The van der Waals surface area contributed by atoms with Crippen LogP contribution in [0.2, 0.25) is 0 Å². The van der Waals surface area contributed by atoms with E-state index in [1.54, 1.807) is 18.4 Å². The maximum atomic E-state index is 12.4. The molecule has 2 N–H and O–H groups in total. The van der Waals surface area contributed by atoms with E-state index in [4.69, 9.17) is 5.73 Å². The lowest BCUT2D eigenvalue weighted by Crippen LogP contribution is -2.40. The number of halogens is 2. The fourth-order valence-corrected chi connectivity index (χ4v) is 2.03. The highest BCUT2D eigenvalue weighted by molar-refractivity contribution is 7.10. The van der Waals surface area contributed by atoms with Crippen LogP contribution in [0.3, 0.4) is 0 Å². The summed E-state index contributed by atoms with van der Waals surface area (Å²) in [5.74, 6) is 0. The third-order valence-electron chi connectivity index (χ3n) is 1.80. The largest absolute Gasteiger partial charge is 0.316 e. The van der Waals surface area contributed by atoms with E-state index in [1.165, 1.54) is 18.3 Å². The van der Waals surface area contributed by atoms with Gasteiger partial charge in [0.1, 0.15) is 5.54 Å². The maximum Gasteiger partial charge on any atom is 0.260 e. The Labute approximate surface area is 74.2 Å². The van der Waals surface area contributed by atoms with Crippen molar-refractivity contribution in [2.45, 2.75) is 25.8 Å². The number of thiophene rings is 1. The van der Waals surface area contributed by atoms with Crippen molar-refractivity contribution in [1.82, 2.24) is 0 Å². The first-order valence-corrected chi connectivity index (χ1v) is 4.46. The Hall–Kier alpha value is -0.480. The summed E-state index contributed by atoms with van der Waals surface area (Å²) in [6.07, 6.45) is -2.52. The van der Waals surface area contributed by atoms with Crippen molar-refractivity contribution in [1.29, 1.82) is 0 Å². The Morgan fingerprint density at radius 1 is 1.58 bits per heavy atom. The van der Waals surface area contributed by atoms with Crippen LogP contribution in [-0.4, -0.2) is 6.43 Å². The molecule has 0 saturated carbocycles. The van der Waals surface area contributed by atoms with Gasteiger partial charge in [0.05, 0.1) is 0 Å². The smallest absolute Gasteiger partial charge is 0.260 e. The van der Waals surface area contributed by atoms with E-state index in [1.807, 2.05) is 0 Å². The van der Waals surface area contributed by atoms with E-state index in [-0.39, 0.29) is 0 Å². The zero-order valence-corrected chi connectivity index (χ0v) is 7.79. The first-order chi connectivity index (χ1) is 5.46. The van der Waals surface area contributed by atoms with Gasteiger partial charge in [0.2, 0.25) is 0 Å². The molecule has 4 heteroatoms. The van der Waals surface area contributed by atoms with Gasteiger partial charge >= 0.3 is 0 Å². The normalized spacial score (nSPS) is 16.5. The molecule has 0 fully saturated rings. The lowest BCUT2D eigenvalue weighted by Gasteiger charge is -2.22. The van der Waals surface area contributed by atoms with Crippen molar-refractivity contribution in [3.05, 3.63) is 21.9 Å². The molecule has 1 unspecified atom stereocenters. The van der Waals surface area contributed by atoms with Gasteiger partial charge < -0.3 is 5.73 Å². The number of aryl methyl sites for hydroxylation is 1. The van der Waals surface area contributed by atoms with E-state index in [0.29, 0.717) is 4.88 Å². The van der Waals surface area contributed by atoms with Crippen LogP contribution in [0.1, 0.15) is 17.4 Å². The second-order valence-electron chi connectivity index (χ2n) is 3.02. The van der Waals surface area contributed by atoms with E-state index < -0.39 is 12.0 Å². The van der Waals surface area contributed by atoms with Crippen molar-refractivity contribution in [2.75, 3.05) is 0 Å². The standard InChI is InChI=1S/C8H11F2NS/c1-5-3-4-12-6(5)8(2,11)7(9)10/h3-4,7H,11H2,1-2H3. The molecule has 1 aromatic rings. The highest BCUT2D eigenvalue weighted by Crippen LogP contribution is 2.31. The number of rotatable bonds is 2. The molecule has 0 saturated heterocycles. The van der Waals surface area contributed by atoms with Crippen LogP contribution in [0.15, 0.2) is 11.4 Å². The number of alkyl halides is 2. The molecule has 1 heterocycles. The topological polar surface area (TPSA) is 26.0 Å². The average Bonchev–Trinajstić information content (AvgIpc) is 2.35. The molecular weight excluding hydrogens is 180 g/mol. The Morgan fingerprint density at radius 3 is 2.50 bits per heavy atom. The number of hydrogen-bond donors (Lipinski definition) is 1. The van der Waals surface area contributed by atoms with Gasteiger partial charge in [0, 0.05) is 4.88 Å². The minimum Gasteiger partial charge on any atom is -0.316 e. The van der Waals surface area contributed by atoms with Crippen LogP contribution in [0, 0.1) is 6.92 Å². The predicted octanol–water partition coefficient (Wildman–Crippen LogP) is 2.50. The van der Waals surface area contributed by atoms with Gasteiger partial charge in [-0.05, 0) is 30.9 Å². The molecule has 0 radical (unpaired) electrons. The highest BCUT2D eigenvalue weighted by atomic mass is 32.1. The van der Waals surface area contributed by atoms with Gasteiger partial charge in [-0.1, -0.05) is 0 Å². The average molecular weight is 191 g/mol. The first kappa shape index (κ1) is 9.61. The second-order valence-corrected chi connectivity index (χ2v) is 3.93. The Balaban J connectivity index is 3.05. The molecule has 1 atom stereocenters. The summed E-state index contributed by atoms with van der Waals surface area (Å²) in [5.41, 5.74) is 4.82. The first-order valence-electron chi connectivity index (χ1n) is 3.58. The van der Waals surface area contributed by atoms with Gasteiger partial charge in [-0.15, -0.1) is 11.3 Å². The molecule has 0 bridgehead atoms. The summed E-state index contributed by atoms with van der Waals surface area (Å²) in [6.45, 7) is 3.15. The minimum absolute atomic E-state index is 0.567. The zero-order valence-electron chi connectivity index (χ0n) is 6.97.